The van der Waals surface area contributed by atoms with E-state index in [1.165, 1.54) is 5.56 Å². The molecule has 4 heteroatoms. The molecule has 4 nitrogen and oxygen atoms in total. The van der Waals surface area contributed by atoms with E-state index >= 15 is 0 Å². The second kappa shape index (κ2) is 4.86. The number of imidazole rings is 1. The van der Waals surface area contributed by atoms with Gasteiger partial charge in [-0.25, -0.2) is 15.0 Å². The topological polar surface area (TPSA) is 43.1 Å². The fourth-order valence-electron chi connectivity index (χ4n) is 3.13. The summed E-state index contributed by atoms with van der Waals surface area (Å²) in [6, 6.07) is 20.5. The Hall–Kier alpha value is -3.27. The van der Waals surface area contributed by atoms with Gasteiger partial charge in [0.2, 0.25) is 0 Å². The van der Waals surface area contributed by atoms with E-state index in [2.05, 4.69) is 46.6 Å². The SMILES string of the molecule is Cc1ccc(-c2nc3ncccc3c3nc4ccccc4n23)cc1. The molecule has 0 aliphatic carbocycles. The van der Waals surface area contributed by atoms with Crippen LogP contribution in [0.15, 0.2) is 66.9 Å². The molecule has 3 heterocycles. The van der Waals surface area contributed by atoms with Gasteiger partial charge in [-0.2, -0.15) is 0 Å². The van der Waals surface area contributed by atoms with Crippen molar-refractivity contribution in [1.82, 2.24) is 19.4 Å². The zero-order chi connectivity index (χ0) is 16.1. The van der Waals surface area contributed by atoms with Crippen molar-refractivity contribution in [2.45, 2.75) is 6.92 Å². The summed E-state index contributed by atoms with van der Waals surface area (Å²) in [5.41, 5.74) is 5.91. The first-order valence-electron chi connectivity index (χ1n) is 7.90. The first-order valence-corrected chi connectivity index (χ1v) is 7.90. The molecular weight excluding hydrogens is 296 g/mol. The molecule has 0 saturated carbocycles. The molecule has 114 valence electrons. The number of fused-ring (bicyclic) bond motifs is 5. The van der Waals surface area contributed by atoms with E-state index in [-0.39, 0.29) is 0 Å². The lowest BCUT2D eigenvalue weighted by atomic mass is 10.1. The largest absolute Gasteiger partial charge is 0.276 e. The molecule has 0 aliphatic rings. The number of benzene rings is 2. The van der Waals surface area contributed by atoms with Crippen molar-refractivity contribution in [1.29, 1.82) is 0 Å². The average molecular weight is 310 g/mol. The quantitative estimate of drug-likeness (QED) is 0.461. The molecule has 0 aliphatic heterocycles. The molecule has 0 amide bonds. The third kappa shape index (κ3) is 1.83. The third-order valence-corrected chi connectivity index (χ3v) is 4.32. The van der Waals surface area contributed by atoms with Crippen molar-refractivity contribution in [2.75, 3.05) is 0 Å². The summed E-state index contributed by atoms with van der Waals surface area (Å²) in [6.45, 7) is 2.08. The van der Waals surface area contributed by atoms with E-state index in [4.69, 9.17) is 9.97 Å². The van der Waals surface area contributed by atoms with Crippen LogP contribution < -0.4 is 0 Å². The van der Waals surface area contributed by atoms with Crippen molar-refractivity contribution in [3.8, 4) is 11.4 Å². The second-order valence-electron chi connectivity index (χ2n) is 5.94. The maximum atomic E-state index is 4.84. The number of rotatable bonds is 1. The van der Waals surface area contributed by atoms with Crippen LogP contribution in [0.1, 0.15) is 5.56 Å². The van der Waals surface area contributed by atoms with Crippen LogP contribution in [0.4, 0.5) is 0 Å². The van der Waals surface area contributed by atoms with Crippen molar-refractivity contribution < 1.29 is 0 Å². The van der Waals surface area contributed by atoms with Crippen LogP contribution >= 0.6 is 0 Å². The van der Waals surface area contributed by atoms with Gasteiger partial charge in [-0.3, -0.25) is 4.40 Å². The highest BCUT2D eigenvalue weighted by molar-refractivity contribution is 5.96. The summed E-state index contributed by atoms with van der Waals surface area (Å²) in [6.07, 6.45) is 1.77. The van der Waals surface area contributed by atoms with Gasteiger partial charge < -0.3 is 0 Å². The van der Waals surface area contributed by atoms with Gasteiger partial charge in [-0.05, 0) is 31.2 Å². The Morgan fingerprint density at radius 2 is 1.67 bits per heavy atom. The molecule has 24 heavy (non-hydrogen) atoms. The minimum Gasteiger partial charge on any atom is -0.276 e. The number of para-hydroxylation sites is 2. The summed E-state index contributed by atoms with van der Waals surface area (Å²) in [5, 5.41) is 0.963. The zero-order valence-corrected chi connectivity index (χ0v) is 13.1. The summed E-state index contributed by atoms with van der Waals surface area (Å²) < 4.78 is 2.13. The van der Waals surface area contributed by atoms with Gasteiger partial charge in [-0.15, -0.1) is 0 Å². The first-order chi connectivity index (χ1) is 11.8. The molecule has 0 unspecified atom stereocenters. The molecule has 5 aromatic rings. The van der Waals surface area contributed by atoms with Gasteiger partial charge in [0.25, 0.3) is 0 Å². The normalized spacial score (nSPS) is 11.5. The maximum absolute atomic E-state index is 4.84. The van der Waals surface area contributed by atoms with Crippen molar-refractivity contribution in [2.24, 2.45) is 0 Å². The fraction of sp³-hybridized carbons (Fsp3) is 0.0500. The highest BCUT2D eigenvalue weighted by Crippen LogP contribution is 2.28. The minimum absolute atomic E-state index is 0.718. The monoisotopic (exact) mass is 310 g/mol. The van der Waals surface area contributed by atoms with Crippen LogP contribution in [0.5, 0.6) is 0 Å². The second-order valence-corrected chi connectivity index (χ2v) is 5.94. The Morgan fingerprint density at radius 3 is 2.54 bits per heavy atom. The third-order valence-electron chi connectivity index (χ3n) is 4.32. The van der Waals surface area contributed by atoms with Crippen molar-refractivity contribution >= 4 is 27.7 Å². The zero-order valence-electron chi connectivity index (χ0n) is 13.1. The predicted molar refractivity (Wildman–Crippen MR) is 96.0 cm³/mol. The standard InChI is InChI=1S/C20H14N4/c1-13-8-10-14(11-9-13)19-23-18-15(5-4-12-21-18)20-22-16-6-2-3-7-17(16)24(19)20/h2-12H,1H3. The van der Waals surface area contributed by atoms with Crippen LogP contribution in [0, 0.1) is 6.92 Å². The molecule has 0 atom stereocenters. The Balaban J connectivity index is 2.01. The minimum atomic E-state index is 0.718. The molecular formula is C20H14N4. The lowest BCUT2D eigenvalue weighted by Crippen LogP contribution is -1.99. The van der Waals surface area contributed by atoms with Gasteiger partial charge in [-0.1, -0.05) is 42.0 Å². The highest BCUT2D eigenvalue weighted by Gasteiger charge is 2.15. The van der Waals surface area contributed by atoms with E-state index in [1.54, 1.807) is 6.20 Å². The number of aromatic nitrogens is 4. The van der Waals surface area contributed by atoms with Gasteiger partial charge in [0, 0.05) is 11.8 Å². The molecule has 2 aromatic carbocycles. The summed E-state index contributed by atoms with van der Waals surface area (Å²) in [5.74, 6) is 0.866. The molecule has 0 saturated heterocycles. The number of pyridine rings is 1. The lowest BCUT2D eigenvalue weighted by Gasteiger charge is -2.08. The van der Waals surface area contributed by atoms with Crippen molar-refractivity contribution in [3.05, 3.63) is 72.4 Å². The molecule has 0 bridgehead atoms. The smallest absolute Gasteiger partial charge is 0.165 e. The van der Waals surface area contributed by atoms with E-state index in [0.717, 1.165) is 39.1 Å². The van der Waals surface area contributed by atoms with Crippen molar-refractivity contribution in [3.63, 3.8) is 0 Å². The summed E-state index contributed by atoms with van der Waals surface area (Å²) >= 11 is 0. The van der Waals surface area contributed by atoms with Gasteiger partial charge in [0.1, 0.15) is 5.82 Å². The number of nitrogens with zero attached hydrogens (tertiary/aromatic N) is 4. The van der Waals surface area contributed by atoms with Gasteiger partial charge in [0.15, 0.2) is 11.3 Å². The molecule has 0 N–H and O–H groups in total. The van der Waals surface area contributed by atoms with Crippen LogP contribution in [-0.2, 0) is 0 Å². The Bertz CT molecular complexity index is 1200. The molecule has 5 rings (SSSR count). The van der Waals surface area contributed by atoms with Gasteiger partial charge >= 0.3 is 0 Å². The van der Waals surface area contributed by atoms with Crippen LogP contribution in [0.2, 0.25) is 0 Å². The Morgan fingerprint density at radius 1 is 0.833 bits per heavy atom. The Kier molecular flexibility index (Phi) is 2.67. The molecule has 0 radical (unpaired) electrons. The molecule has 0 spiro atoms. The first kappa shape index (κ1) is 13.2. The van der Waals surface area contributed by atoms with E-state index < -0.39 is 0 Å². The Labute approximate surface area is 138 Å². The number of hydrogen-bond donors (Lipinski definition) is 0. The number of aryl methyl sites for hydroxylation is 1. The summed E-state index contributed by atoms with van der Waals surface area (Å²) in [4.78, 5) is 14.1. The van der Waals surface area contributed by atoms with Crippen LogP contribution in [0.3, 0.4) is 0 Å². The lowest BCUT2D eigenvalue weighted by molar-refractivity contribution is 1.14. The predicted octanol–water partition coefficient (Wildman–Crippen LogP) is 4.41. The highest BCUT2D eigenvalue weighted by atomic mass is 15.1. The van der Waals surface area contributed by atoms with Crippen LogP contribution in [0.25, 0.3) is 39.1 Å². The van der Waals surface area contributed by atoms with E-state index in [9.17, 15) is 0 Å². The number of hydrogen-bond acceptors (Lipinski definition) is 3. The van der Waals surface area contributed by atoms with E-state index in [0.29, 0.717) is 0 Å². The van der Waals surface area contributed by atoms with Crippen LogP contribution in [-0.4, -0.2) is 19.4 Å². The maximum Gasteiger partial charge on any atom is 0.165 e. The summed E-state index contributed by atoms with van der Waals surface area (Å²) in [7, 11) is 0. The van der Waals surface area contributed by atoms with Gasteiger partial charge in [0.05, 0.1) is 16.4 Å². The molecule has 0 fully saturated rings. The average Bonchev–Trinajstić information content (AvgIpc) is 3.02. The molecule has 3 aromatic heterocycles. The fourth-order valence-corrected chi connectivity index (χ4v) is 3.13. The van der Waals surface area contributed by atoms with E-state index in [1.807, 2.05) is 30.3 Å².